The molecule has 1 aromatic heterocycles. The summed E-state index contributed by atoms with van der Waals surface area (Å²) in [4.78, 5) is 13.3. The first-order chi connectivity index (χ1) is 13.5. The predicted octanol–water partition coefficient (Wildman–Crippen LogP) is 4.06. The van der Waals surface area contributed by atoms with Crippen molar-refractivity contribution in [3.63, 3.8) is 0 Å². The molecule has 3 aromatic rings. The third kappa shape index (κ3) is 2.95. The van der Waals surface area contributed by atoms with Gasteiger partial charge in [-0.2, -0.15) is 0 Å². The molecule has 0 atom stereocenters. The molecule has 3 rings (SSSR count). The summed E-state index contributed by atoms with van der Waals surface area (Å²) in [6, 6.07) is 2.55. The molecule has 29 heavy (non-hydrogen) atoms. The summed E-state index contributed by atoms with van der Waals surface area (Å²) in [5.74, 6) is -1.64. The summed E-state index contributed by atoms with van der Waals surface area (Å²) < 4.78 is 10.8. The fraction of sp³-hybridized carbons (Fsp3) is 0.227. The number of benzene rings is 2. The Bertz CT molecular complexity index is 1200. The molecule has 0 saturated heterocycles. The van der Waals surface area contributed by atoms with Crippen molar-refractivity contribution in [2.75, 3.05) is 7.11 Å². The molecule has 0 aliphatic rings. The van der Waals surface area contributed by atoms with Gasteiger partial charge in [0, 0.05) is 16.5 Å². The van der Waals surface area contributed by atoms with Gasteiger partial charge in [0.15, 0.2) is 22.8 Å². The highest BCUT2D eigenvalue weighted by atomic mass is 16.5. The van der Waals surface area contributed by atoms with E-state index in [0.29, 0.717) is 5.56 Å². The molecule has 152 valence electrons. The van der Waals surface area contributed by atoms with Crippen molar-refractivity contribution in [1.82, 2.24) is 0 Å². The number of allylic oxidation sites excluding steroid dienone is 1. The van der Waals surface area contributed by atoms with Crippen molar-refractivity contribution in [1.29, 1.82) is 0 Å². The Balaban J connectivity index is 2.51. The third-order valence-corrected chi connectivity index (χ3v) is 5.18. The fourth-order valence-corrected chi connectivity index (χ4v) is 3.23. The Kier molecular flexibility index (Phi) is 4.70. The van der Waals surface area contributed by atoms with Gasteiger partial charge in [-0.05, 0) is 24.6 Å². The highest BCUT2D eigenvalue weighted by Crippen LogP contribution is 2.49. The minimum Gasteiger partial charge on any atom is -0.508 e. The number of ether oxygens (including phenoxy) is 1. The molecular weight excluding hydrogens is 376 g/mol. The lowest BCUT2D eigenvalue weighted by atomic mass is 9.79. The molecule has 0 radical (unpaired) electrons. The van der Waals surface area contributed by atoms with Crippen LogP contribution in [0.3, 0.4) is 0 Å². The van der Waals surface area contributed by atoms with Gasteiger partial charge in [-0.1, -0.05) is 19.9 Å². The molecule has 0 amide bonds. The Morgan fingerprint density at radius 3 is 2.34 bits per heavy atom. The van der Waals surface area contributed by atoms with Crippen LogP contribution in [0.2, 0.25) is 0 Å². The van der Waals surface area contributed by atoms with Gasteiger partial charge in [0.2, 0.25) is 11.2 Å². The number of methoxy groups -OCH3 is 1. The fourth-order valence-electron chi connectivity index (χ4n) is 3.23. The van der Waals surface area contributed by atoms with Gasteiger partial charge in [0.05, 0.1) is 18.1 Å². The van der Waals surface area contributed by atoms with Gasteiger partial charge in [-0.25, -0.2) is 0 Å². The van der Waals surface area contributed by atoms with E-state index in [0.717, 1.165) is 6.26 Å². The van der Waals surface area contributed by atoms with Gasteiger partial charge in [0.1, 0.15) is 12.0 Å². The van der Waals surface area contributed by atoms with Crippen LogP contribution < -0.4 is 10.2 Å². The van der Waals surface area contributed by atoms with Crippen LogP contribution in [-0.4, -0.2) is 27.5 Å². The molecule has 4 N–H and O–H groups in total. The normalized spacial score (nSPS) is 11.6. The van der Waals surface area contributed by atoms with E-state index < -0.39 is 22.3 Å². The number of fused-ring (bicyclic) bond motifs is 1. The van der Waals surface area contributed by atoms with Crippen molar-refractivity contribution in [3.05, 3.63) is 52.4 Å². The second-order valence-corrected chi connectivity index (χ2v) is 7.35. The van der Waals surface area contributed by atoms with Gasteiger partial charge in [-0.15, -0.1) is 6.58 Å². The predicted molar refractivity (Wildman–Crippen MR) is 109 cm³/mol. The topological polar surface area (TPSA) is 120 Å². The van der Waals surface area contributed by atoms with E-state index in [9.17, 15) is 25.2 Å². The average molecular weight is 398 g/mol. The number of aromatic hydroxyl groups is 4. The molecule has 0 fully saturated rings. The zero-order chi connectivity index (χ0) is 21.7. The quantitative estimate of drug-likeness (QED) is 0.386. The first kappa shape index (κ1) is 20.1. The van der Waals surface area contributed by atoms with Crippen LogP contribution >= 0.6 is 0 Å². The SMILES string of the molecule is C=CC(C)(C)c1cc(O)c(O)c(OC)c1-c1coc2c(O)c(C)c(O)cc2c1=O. The zero-order valence-corrected chi connectivity index (χ0v) is 16.5. The first-order valence-corrected chi connectivity index (χ1v) is 8.79. The van der Waals surface area contributed by atoms with Gasteiger partial charge >= 0.3 is 0 Å². The van der Waals surface area contributed by atoms with E-state index in [4.69, 9.17) is 9.15 Å². The second kappa shape index (κ2) is 6.77. The molecule has 1 heterocycles. The van der Waals surface area contributed by atoms with Crippen LogP contribution in [0.4, 0.5) is 0 Å². The lowest BCUT2D eigenvalue weighted by Gasteiger charge is -2.26. The van der Waals surface area contributed by atoms with Crippen LogP contribution in [0.1, 0.15) is 25.0 Å². The minimum absolute atomic E-state index is 0.0252. The molecular formula is C22H22O7. The van der Waals surface area contributed by atoms with Crippen molar-refractivity contribution in [3.8, 4) is 39.9 Å². The largest absolute Gasteiger partial charge is 0.508 e. The first-order valence-electron chi connectivity index (χ1n) is 8.79. The number of phenols is 4. The van der Waals surface area contributed by atoms with E-state index in [1.165, 1.54) is 26.2 Å². The maximum atomic E-state index is 13.3. The molecule has 0 bridgehead atoms. The summed E-state index contributed by atoms with van der Waals surface area (Å²) >= 11 is 0. The van der Waals surface area contributed by atoms with E-state index in [1.54, 1.807) is 6.08 Å². The summed E-state index contributed by atoms with van der Waals surface area (Å²) in [7, 11) is 1.30. The molecule has 0 unspecified atom stereocenters. The van der Waals surface area contributed by atoms with Gasteiger partial charge < -0.3 is 29.6 Å². The van der Waals surface area contributed by atoms with Crippen molar-refractivity contribution in [2.45, 2.75) is 26.2 Å². The van der Waals surface area contributed by atoms with Gasteiger partial charge in [0.25, 0.3) is 0 Å². The highest BCUT2D eigenvalue weighted by molar-refractivity contribution is 5.90. The highest BCUT2D eigenvalue weighted by Gasteiger charge is 2.30. The van der Waals surface area contributed by atoms with E-state index in [1.807, 2.05) is 13.8 Å². The lowest BCUT2D eigenvalue weighted by molar-refractivity contribution is 0.350. The van der Waals surface area contributed by atoms with Crippen LogP contribution in [0, 0.1) is 6.92 Å². The van der Waals surface area contributed by atoms with E-state index in [-0.39, 0.29) is 44.9 Å². The second-order valence-electron chi connectivity index (χ2n) is 7.35. The summed E-state index contributed by atoms with van der Waals surface area (Å²) in [5.41, 5.74) is -0.456. The van der Waals surface area contributed by atoms with Crippen LogP contribution in [-0.2, 0) is 5.41 Å². The minimum atomic E-state index is -0.716. The Hall–Kier alpha value is -3.61. The average Bonchev–Trinajstić information content (AvgIpc) is 2.69. The third-order valence-electron chi connectivity index (χ3n) is 5.18. The molecule has 7 heteroatoms. The molecule has 0 aliphatic heterocycles. The number of hydrogen-bond acceptors (Lipinski definition) is 7. The number of hydrogen-bond donors (Lipinski definition) is 4. The van der Waals surface area contributed by atoms with Crippen molar-refractivity contribution >= 4 is 11.0 Å². The Labute approximate surface area is 166 Å². The van der Waals surface area contributed by atoms with Gasteiger partial charge in [-0.3, -0.25) is 4.79 Å². The molecule has 7 nitrogen and oxygen atoms in total. The molecule has 2 aromatic carbocycles. The smallest absolute Gasteiger partial charge is 0.201 e. The number of phenolic OH excluding ortho intramolecular Hbond substituents is 4. The molecule has 0 saturated carbocycles. The maximum Gasteiger partial charge on any atom is 0.201 e. The monoisotopic (exact) mass is 398 g/mol. The van der Waals surface area contributed by atoms with Crippen LogP contribution in [0.25, 0.3) is 22.1 Å². The summed E-state index contributed by atoms with van der Waals surface area (Å²) in [6.07, 6.45) is 2.78. The van der Waals surface area contributed by atoms with Crippen LogP contribution in [0.5, 0.6) is 28.7 Å². The van der Waals surface area contributed by atoms with E-state index in [2.05, 4.69) is 6.58 Å². The van der Waals surface area contributed by atoms with Crippen LogP contribution in [0.15, 0.2) is 40.3 Å². The lowest BCUT2D eigenvalue weighted by Crippen LogP contribution is -2.17. The van der Waals surface area contributed by atoms with E-state index >= 15 is 0 Å². The summed E-state index contributed by atoms with van der Waals surface area (Å²) in [5, 5.41) is 40.7. The number of rotatable bonds is 4. The standard InChI is InChI=1S/C22H22O7/c1-6-22(3,4)13-8-15(24)19(27)21(28-5)16(13)12-9-29-20-11(18(12)26)7-14(23)10(2)17(20)25/h6-9,23-25,27H,1H2,2-5H3. The molecule has 0 aliphatic carbocycles. The maximum absolute atomic E-state index is 13.3. The van der Waals surface area contributed by atoms with Crippen molar-refractivity contribution < 1.29 is 29.6 Å². The Morgan fingerprint density at radius 2 is 1.76 bits per heavy atom. The Morgan fingerprint density at radius 1 is 1.10 bits per heavy atom. The summed E-state index contributed by atoms with van der Waals surface area (Å²) in [6.45, 7) is 8.93. The zero-order valence-electron chi connectivity index (χ0n) is 16.5. The van der Waals surface area contributed by atoms with Crippen molar-refractivity contribution in [2.24, 2.45) is 0 Å². The molecule has 0 spiro atoms.